The molecule has 0 aliphatic carbocycles. The fourth-order valence-corrected chi connectivity index (χ4v) is 2.48. The molecular weight excluding hydrogens is 198 g/mol. The Balaban J connectivity index is 1.99. The van der Waals surface area contributed by atoms with Gasteiger partial charge in [-0.05, 0) is 31.7 Å². The third kappa shape index (κ3) is 2.92. The molecule has 1 heterocycles. The summed E-state index contributed by atoms with van der Waals surface area (Å²) in [4.78, 5) is 11.1. The van der Waals surface area contributed by atoms with Crippen molar-refractivity contribution in [2.45, 2.75) is 44.7 Å². The van der Waals surface area contributed by atoms with E-state index in [0.29, 0.717) is 18.5 Å². The smallest absolute Gasteiger partial charge is 0.131 e. The van der Waals surface area contributed by atoms with E-state index >= 15 is 0 Å². The van der Waals surface area contributed by atoms with E-state index in [0.717, 1.165) is 6.42 Å². The molecule has 1 fully saturated rings. The second-order valence-corrected chi connectivity index (χ2v) is 4.66. The summed E-state index contributed by atoms with van der Waals surface area (Å²) in [6.45, 7) is 1.67. The first kappa shape index (κ1) is 11.3. The van der Waals surface area contributed by atoms with Crippen LogP contribution in [-0.2, 0) is 4.79 Å². The molecular formula is C14H19NO. The van der Waals surface area contributed by atoms with Gasteiger partial charge < -0.3 is 5.32 Å². The first-order valence-electron chi connectivity index (χ1n) is 6.06. The number of rotatable bonds is 3. The van der Waals surface area contributed by atoms with Gasteiger partial charge in [-0.3, -0.25) is 4.79 Å². The molecule has 1 aliphatic rings. The zero-order chi connectivity index (χ0) is 11.4. The van der Waals surface area contributed by atoms with Crippen LogP contribution in [0.5, 0.6) is 0 Å². The van der Waals surface area contributed by atoms with Crippen LogP contribution in [0.3, 0.4) is 0 Å². The van der Waals surface area contributed by atoms with Crippen molar-refractivity contribution in [1.29, 1.82) is 0 Å². The van der Waals surface area contributed by atoms with Crippen LogP contribution in [0.25, 0.3) is 0 Å². The minimum Gasteiger partial charge on any atom is -0.307 e. The van der Waals surface area contributed by atoms with Gasteiger partial charge in [-0.15, -0.1) is 0 Å². The lowest BCUT2D eigenvalue weighted by Crippen LogP contribution is -2.38. The second kappa shape index (κ2) is 5.26. The van der Waals surface area contributed by atoms with Gasteiger partial charge >= 0.3 is 0 Å². The predicted molar refractivity (Wildman–Crippen MR) is 65.3 cm³/mol. The Kier molecular flexibility index (Phi) is 3.73. The number of piperidine rings is 1. The summed E-state index contributed by atoms with van der Waals surface area (Å²) in [5.74, 6) is 0.284. The molecule has 1 aliphatic heterocycles. The Hall–Kier alpha value is -1.15. The fourth-order valence-electron chi connectivity index (χ4n) is 2.48. The van der Waals surface area contributed by atoms with E-state index in [2.05, 4.69) is 29.6 Å². The molecule has 0 saturated carbocycles. The van der Waals surface area contributed by atoms with Crippen molar-refractivity contribution in [2.24, 2.45) is 0 Å². The van der Waals surface area contributed by atoms with Crippen LogP contribution in [0.1, 0.15) is 44.2 Å². The molecule has 2 nitrogen and oxygen atoms in total. The SMILES string of the molecule is CC(=O)C[C@H]1CCC[C@H](c2ccccc2)N1. The van der Waals surface area contributed by atoms with Gasteiger partial charge in [-0.2, -0.15) is 0 Å². The first-order valence-corrected chi connectivity index (χ1v) is 6.06. The highest BCUT2D eigenvalue weighted by atomic mass is 16.1. The highest BCUT2D eigenvalue weighted by Gasteiger charge is 2.22. The summed E-state index contributed by atoms with van der Waals surface area (Å²) >= 11 is 0. The highest BCUT2D eigenvalue weighted by molar-refractivity contribution is 5.76. The molecule has 1 aromatic carbocycles. The standard InChI is InChI=1S/C14H19NO/c1-11(16)10-13-8-5-9-14(15-13)12-6-3-2-4-7-12/h2-4,6-7,13-15H,5,8-10H2,1H3/t13-,14-/m1/s1. The van der Waals surface area contributed by atoms with E-state index in [1.165, 1.54) is 18.4 Å². The molecule has 0 unspecified atom stereocenters. The maximum absolute atomic E-state index is 11.1. The van der Waals surface area contributed by atoms with Crippen molar-refractivity contribution >= 4 is 5.78 Å². The van der Waals surface area contributed by atoms with Crippen molar-refractivity contribution in [1.82, 2.24) is 5.32 Å². The molecule has 0 aromatic heterocycles. The van der Waals surface area contributed by atoms with Crippen molar-refractivity contribution in [3.8, 4) is 0 Å². The Labute approximate surface area is 97.1 Å². The van der Waals surface area contributed by atoms with Gasteiger partial charge in [-0.1, -0.05) is 30.3 Å². The molecule has 16 heavy (non-hydrogen) atoms. The van der Waals surface area contributed by atoms with Crippen LogP contribution >= 0.6 is 0 Å². The van der Waals surface area contributed by atoms with E-state index in [9.17, 15) is 4.79 Å². The summed E-state index contributed by atoms with van der Waals surface area (Å²) in [6, 6.07) is 11.3. The molecule has 0 radical (unpaired) electrons. The summed E-state index contributed by atoms with van der Waals surface area (Å²) < 4.78 is 0. The number of carbonyl (C=O) groups is 1. The van der Waals surface area contributed by atoms with E-state index in [4.69, 9.17) is 0 Å². The van der Waals surface area contributed by atoms with Crippen molar-refractivity contribution in [3.63, 3.8) is 0 Å². The average molecular weight is 217 g/mol. The van der Waals surface area contributed by atoms with Crippen LogP contribution in [0.15, 0.2) is 30.3 Å². The largest absolute Gasteiger partial charge is 0.307 e. The van der Waals surface area contributed by atoms with Gasteiger partial charge in [0.1, 0.15) is 5.78 Å². The Morgan fingerprint density at radius 2 is 2.06 bits per heavy atom. The zero-order valence-corrected chi connectivity index (χ0v) is 9.78. The third-order valence-corrected chi connectivity index (χ3v) is 3.22. The van der Waals surface area contributed by atoms with Gasteiger partial charge in [0.25, 0.3) is 0 Å². The van der Waals surface area contributed by atoms with Crippen LogP contribution in [0.2, 0.25) is 0 Å². The number of nitrogens with one attached hydrogen (secondary N) is 1. The Morgan fingerprint density at radius 1 is 1.31 bits per heavy atom. The van der Waals surface area contributed by atoms with Crippen molar-refractivity contribution in [2.75, 3.05) is 0 Å². The van der Waals surface area contributed by atoms with Gasteiger partial charge in [0.2, 0.25) is 0 Å². The van der Waals surface area contributed by atoms with Crippen LogP contribution in [-0.4, -0.2) is 11.8 Å². The molecule has 0 amide bonds. The normalized spacial score (nSPS) is 25.3. The van der Waals surface area contributed by atoms with E-state index in [1.807, 2.05) is 6.07 Å². The van der Waals surface area contributed by atoms with Crippen LogP contribution in [0.4, 0.5) is 0 Å². The lowest BCUT2D eigenvalue weighted by atomic mass is 9.91. The number of benzene rings is 1. The quantitative estimate of drug-likeness (QED) is 0.843. The molecule has 1 saturated heterocycles. The summed E-state index contributed by atoms with van der Waals surface area (Å²) in [6.07, 6.45) is 4.19. The van der Waals surface area contributed by atoms with Gasteiger partial charge in [0, 0.05) is 18.5 Å². The minimum atomic E-state index is 0.284. The zero-order valence-electron chi connectivity index (χ0n) is 9.78. The van der Waals surface area contributed by atoms with Crippen LogP contribution in [0, 0.1) is 0 Å². The highest BCUT2D eigenvalue weighted by Crippen LogP contribution is 2.26. The topological polar surface area (TPSA) is 29.1 Å². The second-order valence-electron chi connectivity index (χ2n) is 4.66. The average Bonchev–Trinajstić information content (AvgIpc) is 2.30. The number of Topliss-reactive ketones (excluding diaryl/α,β-unsaturated/α-hetero) is 1. The lowest BCUT2D eigenvalue weighted by Gasteiger charge is -2.31. The van der Waals surface area contributed by atoms with Gasteiger partial charge in [0.15, 0.2) is 0 Å². The molecule has 1 aromatic rings. The van der Waals surface area contributed by atoms with E-state index < -0.39 is 0 Å². The Morgan fingerprint density at radius 3 is 2.75 bits per heavy atom. The fraction of sp³-hybridized carbons (Fsp3) is 0.500. The summed E-state index contributed by atoms with van der Waals surface area (Å²) in [5, 5.41) is 3.58. The lowest BCUT2D eigenvalue weighted by molar-refractivity contribution is -0.117. The molecule has 2 atom stereocenters. The minimum absolute atomic E-state index is 0.284. The van der Waals surface area contributed by atoms with Crippen molar-refractivity contribution in [3.05, 3.63) is 35.9 Å². The number of ketones is 1. The molecule has 0 bridgehead atoms. The van der Waals surface area contributed by atoms with E-state index in [-0.39, 0.29) is 5.78 Å². The molecule has 86 valence electrons. The Bertz CT molecular complexity index is 347. The molecule has 2 heteroatoms. The number of hydrogen-bond donors (Lipinski definition) is 1. The monoisotopic (exact) mass is 217 g/mol. The van der Waals surface area contributed by atoms with Gasteiger partial charge in [0.05, 0.1) is 0 Å². The summed E-state index contributed by atoms with van der Waals surface area (Å²) in [7, 11) is 0. The molecule has 2 rings (SSSR count). The summed E-state index contributed by atoms with van der Waals surface area (Å²) in [5.41, 5.74) is 1.34. The van der Waals surface area contributed by atoms with E-state index in [1.54, 1.807) is 6.92 Å². The maximum atomic E-state index is 11.1. The first-order chi connectivity index (χ1) is 7.75. The molecule has 1 N–H and O–H groups in total. The van der Waals surface area contributed by atoms with Crippen LogP contribution < -0.4 is 5.32 Å². The number of hydrogen-bond acceptors (Lipinski definition) is 2. The number of carbonyl (C=O) groups excluding carboxylic acids is 1. The van der Waals surface area contributed by atoms with Gasteiger partial charge in [-0.25, -0.2) is 0 Å². The molecule has 0 spiro atoms. The maximum Gasteiger partial charge on any atom is 0.131 e. The predicted octanol–water partition coefficient (Wildman–Crippen LogP) is 2.85. The van der Waals surface area contributed by atoms with Crippen molar-refractivity contribution < 1.29 is 4.79 Å². The third-order valence-electron chi connectivity index (χ3n) is 3.22.